The number of fused-ring (bicyclic) bond motifs is 2. The third-order valence-electron chi connectivity index (χ3n) is 4.11. The van der Waals surface area contributed by atoms with Gasteiger partial charge in [0.05, 0.1) is 11.4 Å². The van der Waals surface area contributed by atoms with E-state index in [-0.39, 0.29) is 11.8 Å². The van der Waals surface area contributed by atoms with Gasteiger partial charge in [0.15, 0.2) is 11.3 Å². The number of benzene rings is 1. The number of amides is 1. The number of halogens is 1. The predicted molar refractivity (Wildman–Crippen MR) is 112 cm³/mol. The fourth-order valence-electron chi connectivity index (χ4n) is 2.92. The van der Waals surface area contributed by atoms with Crippen molar-refractivity contribution in [2.45, 2.75) is 13.1 Å². The largest absolute Gasteiger partial charge is 0.433 e. The summed E-state index contributed by atoms with van der Waals surface area (Å²) in [6.07, 6.45) is 2.66. The molecule has 148 valence electrons. The van der Waals surface area contributed by atoms with E-state index >= 15 is 0 Å². The fraction of sp³-hybridized carbons (Fsp3) is 0.167. The Kier molecular flexibility index (Phi) is 5.24. The van der Waals surface area contributed by atoms with Crippen LogP contribution in [0.3, 0.4) is 0 Å². The van der Waals surface area contributed by atoms with Gasteiger partial charge < -0.3 is 4.42 Å². The summed E-state index contributed by atoms with van der Waals surface area (Å²) in [5, 5.41) is 21.5. The lowest BCUT2D eigenvalue weighted by Crippen LogP contribution is -2.52. The van der Waals surface area contributed by atoms with Crippen molar-refractivity contribution in [3.63, 3.8) is 0 Å². The number of hydrogen-bond acceptors (Lipinski definition) is 8. The van der Waals surface area contributed by atoms with Crippen LogP contribution in [0.4, 0.5) is 5.88 Å². The van der Waals surface area contributed by atoms with Crippen molar-refractivity contribution in [2.24, 2.45) is 10.1 Å². The molecule has 1 aromatic carbocycles. The van der Waals surface area contributed by atoms with Crippen LogP contribution < -0.4 is 15.9 Å². The Labute approximate surface area is 177 Å². The summed E-state index contributed by atoms with van der Waals surface area (Å²) in [6, 6.07) is 8.26. The number of nitrogens with one attached hydrogen (secondary N) is 1. The number of furan rings is 1. The van der Waals surface area contributed by atoms with Gasteiger partial charge >= 0.3 is 5.88 Å². The number of amidine groups is 1. The monoisotopic (exact) mass is 475 g/mol. The van der Waals surface area contributed by atoms with Gasteiger partial charge in [-0.3, -0.25) is 25.2 Å². The van der Waals surface area contributed by atoms with Crippen LogP contribution in [-0.2, 0) is 4.79 Å². The van der Waals surface area contributed by atoms with Crippen LogP contribution in [0.15, 0.2) is 55.4 Å². The number of carbonyl (C=O) groups excluding carboxylic acids is 1. The molecule has 11 heteroatoms. The highest BCUT2D eigenvalue weighted by Crippen LogP contribution is 2.23. The lowest BCUT2D eigenvalue weighted by molar-refractivity contribution is -0.402. The molecule has 0 radical (unpaired) electrons. The van der Waals surface area contributed by atoms with E-state index in [1.807, 2.05) is 25.1 Å². The van der Waals surface area contributed by atoms with Crippen LogP contribution in [0.5, 0.6) is 0 Å². The molecule has 1 atom stereocenters. The molecule has 0 bridgehead atoms. The third-order valence-corrected chi connectivity index (χ3v) is 5.34. The normalized spacial score (nSPS) is 18.1. The highest BCUT2D eigenvalue weighted by Gasteiger charge is 2.32. The number of carbonyl (C=O) groups is 1. The topological polar surface area (TPSA) is 113 Å². The van der Waals surface area contributed by atoms with Crippen molar-refractivity contribution in [3.8, 4) is 0 Å². The Bertz CT molecular complexity index is 1190. The van der Waals surface area contributed by atoms with Crippen LogP contribution in [0.25, 0.3) is 11.8 Å². The maximum atomic E-state index is 12.8. The van der Waals surface area contributed by atoms with Crippen molar-refractivity contribution in [3.05, 3.63) is 67.3 Å². The van der Waals surface area contributed by atoms with Crippen molar-refractivity contribution in [2.75, 3.05) is 5.75 Å². The molecule has 1 aromatic heterocycles. The highest BCUT2D eigenvalue weighted by molar-refractivity contribution is 9.10. The molecule has 4 rings (SSSR count). The van der Waals surface area contributed by atoms with E-state index in [1.54, 1.807) is 17.2 Å². The molecular formula is C18H14BrN5O4S. The van der Waals surface area contributed by atoms with E-state index in [1.165, 1.54) is 23.9 Å². The van der Waals surface area contributed by atoms with Crippen LogP contribution in [0.2, 0.25) is 0 Å². The van der Waals surface area contributed by atoms with Gasteiger partial charge in [0.1, 0.15) is 16.4 Å². The van der Waals surface area contributed by atoms with Crippen LogP contribution in [0.1, 0.15) is 12.7 Å². The third kappa shape index (κ3) is 3.83. The van der Waals surface area contributed by atoms with Gasteiger partial charge in [0, 0.05) is 9.69 Å². The molecule has 29 heavy (non-hydrogen) atoms. The first kappa shape index (κ1) is 19.4. The minimum Gasteiger partial charge on any atom is -0.401 e. The quantitative estimate of drug-likeness (QED) is 0.535. The maximum absolute atomic E-state index is 12.8. The molecule has 1 N–H and O–H groups in total. The molecule has 2 aliphatic rings. The Balaban J connectivity index is 1.80. The smallest absolute Gasteiger partial charge is 0.401 e. The standard InChI is InChI=1S/C18H14BrN5O4S/c1-2-29-18-21-17(25)16-12-9-10(19)3-6-13(12)20-14(23(16)22-18)7-4-11-5-8-15(28-11)24(26)27/h3-9,14H,2H2,1H3,(H,21,22,25)/b7-4+. The maximum Gasteiger partial charge on any atom is 0.433 e. The number of nitrogens with zero attached hydrogens (tertiary/aromatic N) is 4. The van der Waals surface area contributed by atoms with E-state index in [4.69, 9.17) is 4.42 Å². The molecule has 0 saturated carbocycles. The molecule has 0 aliphatic carbocycles. The predicted octanol–water partition coefficient (Wildman–Crippen LogP) is 2.19. The molecule has 3 heterocycles. The van der Waals surface area contributed by atoms with Crippen molar-refractivity contribution < 1.29 is 14.1 Å². The molecule has 1 unspecified atom stereocenters. The zero-order valence-corrected chi connectivity index (χ0v) is 17.4. The summed E-state index contributed by atoms with van der Waals surface area (Å²) in [5.41, 5.74) is 0.386. The van der Waals surface area contributed by atoms with E-state index in [0.29, 0.717) is 27.2 Å². The molecule has 2 aromatic rings. The summed E-state index contributed by atoms with van der Waals surface area (Å²) in [5.74, 6) is 0.448. The zero-order chi connectivity index (χ0) is 20.5. The second kappa shape index (κ2) is 7.84. The molecule has 0 spiro atoms. The summed E-state index contributed by atoms with van der Waals surface area (Å²) in [7, 11) is 0. The highest BCUT2D eigenvalue weighted by atomic mass is 79.9. The van der Waals surface area contributed by atoms with Gasteiger partial charge in [-0.05, 0) is 42.2 Å². The van der Waals surface area contributed by atoms with Gasteiger partial charge in [-0.2, -0.15) is 0 Å². The summed E-state index contributed by atoms with van der Waals surface area (Å²) in [4.78, 5) is 27.7. The average Bonchev–Trinajstić information content (AvgIpc) is 3.16. The van der Waals surface area contributed by atoms with Crippen molar-refractivity contribution >= 4 is 56.4 Å². The van der Waals surface area contributed by atoms with E-state index in [9.17, 15) is 14.9 Å². The molecule has 1 amide bonds. The van der Waals surface area contributed by atoms with E-state index in [2.05, 4.69) is 31.3 Å². The first-order valence-corrected chi connectivity index (χ1v) is 10.4. The molecule has 2 aliphatic heterocycles. The first-order chi connectivity index (χ1) is 14.0. The number of rotatable bonds is 4. The minimum absolute atomic E-state index is 0.266. The second-order valence-corrected chi connectivity index (χ2v) is 8.15. The van der Waals surface area contributed by atoms with Crippen LogP contribution >= 0.6 is 27.7 Å². The summed E-state index contributed by atoms with van der Waals surface area (Å²) < 4.78 is 5.98. The fourth-order valence-corrected chi connectivity index (χ4v) is 3.86. The summed E-state index contributed by atoms with van der Waals surface area (Å²) >= 11 is 4.84. The number of hydrogen-bond donors (Lipinski definition) is 1. The number of hydrazone groups is 1. The summed E-state index contributed by atoms with van der Waals surface area (Å²) in [6.45, 7) is 1.97. The van der Waals surface area contributed by atoms with E-state index in [0.717, 1.165) is 10.2 Å². The van der Waals surface area contributed by atoms with Crippen LogP contribution in [-0.4, -0.2) is 32.9 Å². The van der Waals surface area contributed by atoms with Crippen molar-refractivity contribution in [1.29, 1.82) is 0 Å². The van der Waals surface area contributed by atoms with E-state index < -0.39 is 11.1 Å². The van der Waals surface area contributed by atoms with Crippen LogP contribution in [0, 0.1) is 10.1 Å². The lowest BCUT2D eigenvalue weighted by atomic mass is 10.1. The minimum atomic E-state index is -0.610. The van der Waals surface area contributed by atoms with Crippen molar-refractivity contribution in [1.82, 2.24) is 10.3 Å². The van der Waals surface area contributed by atoms with Gasteiger partial charge in [-0.25, -0.2) is 5.01 Å². The Morgan fingerprint density at radius 1 is 1.41 bits per heavy atom. The molecule has 0 saturated heterocycles. The molecular weight excluding hydrogens is 462 g/mol. The van der Waals surface area contributed by atoms with Gasteiger partial charge in [0.2, 0.25) is 0 Å². The average molecular weight is 476 g/mol. The first-order valence-electron chi connectivity index (χ1n) is 8.58. The van der Waals surface area contributed by atoms with Gasteiger partial charge in [0.25, 0.3) is 5.91 Å². The molecule has 9 nitrogen and oxygen atoms in total. The zero-order valence-electron chi connectivity index (χ0n) is 15.0. The Morgan fingerprint density at radius 2 is 2.24 bits per heavy atom. The number of nitro groups is 1. The Hall–Kier alpha value is -2.92. The number of thioether (sulfide) groups is 1. The Morgan fingerprint density at radius 3 is 2.97 bits per heavy atom. The van der Waals surface area contributed by atoms with Gasteiger partial charge in [-0.1, -0.05) is 34.6 Å². The SMILES string of the molecule is CCSC1=NN2C(=c3cc(Br)ccc3=NC2/C=C/c2ccc([N+](=O)[O-])o2)C(=O)N1. The van der Waals surface area contributed by atoms with Gasteiger partial charge in [-0.15, -0.1) is 5.10 Å². The molecule has 0 fully saturated rings. The second-order valence-electron chi connectivity index (χ2n) is 5.98. The lowest BCUT2D eigenvalue weighted by Gasteiger charge is -2.32.